The molecule has 0 radical (unpaired) electrons. The Bertz CT molecular complexity index is 867. The Morgan fingerprint density at radius 1 is 1.16 bits per heavy atom. The van der Waals surface area contributed by atoms with Crippen LogP contribution in [0.1, 0.15) is 6.92 Å². The third-order valence-electron chi connectivity index (χ3n) is 3.54. The van der Waals surface area contributed by atoms with Gasteiger partial charge in [0, 0.05) is 35.2 Å². The minimum Gasteiger partial charge on any atom is -0.325 e. The van der Waals surface area contributed by atoms with Gasteiger partial charge in [0.15, 0.2) is 11.0 Å². The first kappa shape index (κ1) is 17.6. The van der Waals surface area contributed by atoms with E-state index in [1.54, 1.807) is 12.4 Å². The number of thioether (sulfide) groups is 1. The zero-order valence-electron chi connectivity index (χ0n) is 13.7. The van der Waals surface area contributed by atoms with E-state index in [0.29, 0.717) is 5.16 Å². The Morgan fingerprint density at radius 3 is 2.52 bits per heavy atom. The highest BCUT2D eigenvalue weighted by atomic mass is 79.9. The molecule has 6 nitrogen and oxygen atoms in total. The number of hydrogen-bond acceptors (Lipinski definition) is 5. The molecule has 1 amide bonds. The fourth-order valence-electron chi connectivity index (χ4n) is 2.16. The molecule has 0 aliphatic heterocycles. The maximum absolute atomic E-state index is 12.4. The number of carbonyl (C=O) groups excluding carboxylic acids is 1. The summed E-state index contributed by atoms with van der Waals surface area (Å²) in [5.74, 6) is 0.659. The van der Waals surface area contributed by atoms with Crippen LogP contribution in [0.15, 0.2) is 58.4 Å². The van der Waals surface area contributed by atoms with Gasteiger partial charge in [-0.2, -0.15) is 0 Å². The molecule has 8 heteroatoms. The van der Waals surface area contributed by atoms with Crippen molar-refractivity contribution >= 4 is 39.3 Å². The van der Waals surface area contributed by atoms with Gasteiger partial charge < -0.3 is 9.88 Å². The molecule has 0 spiro atoms. The summed E-state index contributed by atoms with van der Waals surface area (Å²) in [6, 6.07) is 11.2. The number of hydrogen-bond donors (Lipinski definition) is 1. The molecule has 1 aromatic carbocycles. The standard InChI is InChI=1S/C17H16BrN5OS/c1-11(16(24)20-14-5-3-13(18)4-6-14)25-17-22-21-15(23(17)2)12-7-9-19-10-8-12/h3-11H,1-2H3,(H,20,24)/t11-/m1/s1. The van der Waals surface area contributed by atoms with E-state index in [4.69, 9.17) is 0 Å². The van der Waals surface area contributed by atoms with Crippen LogP contribution in [0, 0.1) is 0 Å². The Kier molecular flexibility index (Phi) is 5.50. The molecule has 3 aromatic rings. The van der Waals surface area contributed by atoms with Gasteiger partial charge in [-0.1, -0.05) is 27.7 Å². The third-order valence-corrected chi connectivity index (χ3v) is 5.20. The monoisotopic (exact) mass is 417 g/mol. The van der Waals surface area contributed by atoms with Crippen molar-refractivity contribution in [3.05, 3.63) is 53.3 Å². The summed E-state index contributed by atoms with van der Waals surface area (Å²) in [4.78, 5) is 16.4. The maximum atomic E-state index is 12.4. The molecule has 0 fully saturated rings. The quantitative estimate of drug-likeness (QED) is 0.639. The van der Waals surface area contributed by atoms with Crippen LogP contribution in [0.4, 0.5) is 5.69 Å². The lowest BCUT2D eigenvalue weighted by atomic mass is 10.2. The molecule has 0 saturated carbocycles. The van der Waals surface area contributed by atoms with Gasteiger partial charge in [-0.25, -0.2) is 0 Å². The minimum atomic E-state index is -0.308. The van der Waals surface area contributed by atoms with E-state index in [1.165, 1.54) is 11.8 Å². The minimum absolute atomic E-state index is 0.0826. The van der Waals surface area contributed by atoms with Crippen molar-refractivity contribution in [2.24, 2.45) is 7.05 Å². The van der Waals surface area contributed by atoms with Gasteiger partial charge in [0.2, 0.25) is 5.91 Å². The summed E-state index contributed by atoms with van der Waals surface area (Å²) in [5, 5.41) is 11.7. The van der Waals surface area contributed by atoms with Crippen molar-refractivity contribution in [3.8, 4) is 11.4 Å². The largest absolute Gasteiger partial charge is 0.325 e. The number of nitrogens with zero attached hydrogens (tertiary/aromatic N) is 4. The average Bonchev–Trinajstić information content (AvgIpc) is 2.98. The average molecular weight is 418 g/mol. The molecule has 128 valence electrons. The summed E-state index contributed by atoms with van der Waals surface area (Å²) >= 11 is 4.74. The molecular weight excluding hydrogens is 402 g/mol. The van der Waals surface area contributed by atoms with E-state index in [-0.39, 0.29) is 11.2 Å². The van der Waals surface area contributed by atoms with E-state index in [9.17, 15) is 4.79 Å². The van der Waals surface area contributed by atoms with Crippen LogP contribution in [0.25, 0.3) is 11.4 Å². The Labute approximate surface area is 158 Å². The smallest absolute Gasteiger partial charge is 0.237 e. The number of benzene rings is 1. The Balaban J connectivity index is 1.68. The predicted molar refractivity (Wildman–Crippen MR) is 102 cm³/mol. The number of nitrogens with one attached hydrogen (secondary N) is 1. The lowest BCUT2D eigenvalue weighted by Crippen LogP contribution is -2.22. The predicted octanol–water partition coefficient (Wildman–Crippen LogP) is 3.76. The number of halogens is 1. The van der Waals surface area contributed by atoms with Gasteiger partial charge in [0.05, 0.1) is 5.25 Å². The number of anilines is 1. The molecule has 2 heterocycles. The zero-order valence-corrected chi connectivity index (χ0v) is 16.1. The van der Waals surface area contributed by atoms with Crippen LogP contribution in [0.3, 0.4) is 0 Å². The van der Waals surface area contributed by atoms with E-state index in [0.717, 1.165) is 21.5 Å². The second-order valence-corrected chi connectivity index (χ2v) is 7.58. The van der Waals surface area contributed by atoms with E-state index >= 15 is 0 Å². The first-order valence-corrected chi connectivity index (χ1v) is 9.25. The number of carbonyl (C=O) groups is 1. The highest BCUT2D eigenvalue weighted by molar-refractivity contribution is 9.10. The highest BCUT2D eigenvalue weighted by Gasteiger charge is 2.19. The Hall–Kier alpha value is -2.19. The van der Waals surface area contributed by atoms with Gasteiger partial charge in [-0.3, -0.25) is 9.78 Å². The molecule has 0 saturated heterocycles. The molecular formula is C17H16BrN5OS. The molecule has 0 bridgehead atoms. The van der Waals surface area contributed by atoms with Crippen LogP contribution in [0.5, 0.6) is 0 Å². The fourth-order valence-corrected chi connectivity index (χ4v) is 3.24. The lowest BCUT2D eigenvalue weighted by molar-refractivity contribution is -0.115. The van der Waals surface area contributed by atoms with Crippen LogP contribution in [0.2, 0.25) is 0 Å². The molecule has 1 N–H and O–H groups in total. The lowest BCUT2D eigenvalue weighted by Gasteiger charge is -2.11. The van der Waals surface area contributed by atoms with Crippen molar-refractivity contribution in [2.45, 2.75) is 17.3 Å². The molecule has 1 atom stereocenters. The van der Waals surface area contributed by atoms with E-state index < -0.39 is 0 Å². The third kappa shape index (κ3) is 4.26. The van der Waals surface area contributed by atoms with Crippen LogP contribution < -0.4 is 5.32 Å². The van der Waals surface area contributed by atoms with Gasteiger partial charge in [-0.05, 0) is 43.3 Å². The zero-order chi connectivity index (χ0) is 17.8. The first-order valence-electron chi connectivity index (χ1n) is 7.57. The molecule has 25 heavy (non-hydrogen) atoms. The summed E-state index contributed by atoms with van der Waals surface area (Å²) in [5.41, 5.74) is 1.69. The Morgan fingerprint density at radius 2 is 1.84 bits per heavy atom. The van der Waals surface area contributed by atoms with Crippen molar-refractivity contribution in [3.63, 3.8) is 0 Å². The van der Waals surface area contributed by atoms with E-state index in [2.05, 4.69) is 36.4 Å². The van der Waals surface area contributed by atoms with Crippen molar-refractivity contribution in [2.75, 3.05) is 5.32 Å². The number of pyridine rings is 1. The van der Waals surface area contributed by atoms with Gasteiger partial charge >= 0.3 is 0 Å². The molecule has 0 unspecified atom stereocenters. The molecule has 0 aliphatic rings. The second kappa shape index (κ2) is 7.79. The van der Waals surface area contributed by atoms with Crippen LogP contribution in [-0.4, -0.2) is 30.9 Å². The molecule has 0 aliphatic carbocycles. The second-order valence-electron chi connectivity index (χ2n) is 5.36. The van der Waals surface area contributed by atoms with Gasteiger partial charge in [-0.15, -0.1) is 10.2 Å². The fraction of sp³-hybridized carbons (Fsp3) is 0.176. The van der Waals surface area contributed by atoms with Crippen LogP contribution >= 0.6 is 27.7 Å². The summed E-state index contributed by atoms with van der Waals surface area (Å²) in [6.45, 7) is 1.85. The van der Waals surface area contributed by atoms with Crippen molar-refractivity contribution in [1.82, 2.24) is 19.7 Å². The van der Waals surface area contributed by atoms with Gasteiger partial charge in [0.25, 0.3) is 0 Å². The molecule has 3 rings (SSSR count). The molecule has 2 aromatic heterocycles. The number of aromatic nitrogens is 4. The highest BCUT2D eigenvalue weighted by Crippen LogP contribution is 2.26. The van der Waals surface area contributed by atoms with Crippen molar-refractivity contribution in [1.29, 1.82) is 0 Å². The summed E-state index contributed by atoms with van der Waals surface area (Å²) in [6.07, 6.45) is 3.43. The van der Waals surface area contributed by atoms with E-state index in [1.807, 2.05) is 54.9 Å². The number of rotatable bonds is 5. The van der Waals surface area contributed by atoms with Crippen molar-refractivity contribution < 1.29 is 4.79 Å². The summed E-state index contributed by atoms with van der Waals surface area (Å²) in [7, 11) is 1.89. The normalized spacial score (nSPS) is 12.0. The summed E-state index contributed by atoms with van der Waals surface area (Å²) < 4.78 is 2.85. The topological polar surface area (TPSA) is 72.7 Å². The maximum Gasteiger partial charge on any atom is 0.237 e. The first-order chi connectivity index (χ1) is 12.0. The van der Waals surface area contributed by atoms with Gasteiger partial charge in [0.1, 0.15) is 0 Å². The van der Waals surface area contributed by atoms with Crippen LogP contribution in [-0.2, 0) is 11.8 Å². The number of amides is 1. The SMILES string of the molecule is C[C@@H](Sc1nnc(-c2ccncc2)n1C)C(=O)Nc1ccc(Br)cc1.